The van der Waals surface area contributed by atoms with E-state index in [2.05, 4.69) is 43.0 Å². The van der Waals surface area contributed by atoms with Crippen LogP contribution in [0.2, 0.25) is 0 Å². The summed E-state index contributed by atoms with van der Waals surface area (Å²) in [5.74, 6) is 1.52. The summed E-state index contributed by atoms with van der Waals surface area (Å²) in [6.07, 6.45) is 3.88. The molecular formula is C18H28IN7O2. The van der Waals surface area contributed by atoms with Gasteiger partial charge in [-0.05, 0) is 31.4 Å². The molecule has 0 radical (unpaired) electrons. The number of imide groups is 1. The highest BCUT2D eigenvalue weighted by Crippen LogP contribution is 2.17. The lowest BCUT2D eigenvalue weighted by Gasteiger charge is -2.33. The van der Waals surface area contributed by atoms with Crippen molar-refractivity contribution in [3.63, 3.8) is 0 Å². The summed E-state index contributed by atoms with van der Waals surface area (Å²) >= 11 is 0. The Morgan fingerprint density at radius 2 is 2.07 bits per heavy atom. The Hall–Kier alpha value is -2.11. The van der Waals surface area contributed by atoms with Crippen LogP contribution in [-0.2, 0) is 4.79 Å². The van der Waals surface area contributed by atoms with Gasteiger partial charge in [-0.3, -0.25) is 14.7 Å². The van der Waals surface area contributed by atoms with Crippen molar-refractivity contribution in [1.82, 2.24) is 25.8 Å². The van der Waals surface area contributed by atoms with E-state index >= 15 is 0 Å². The molecule has 0 unspecified atom stereocenters. The van der Waals surface area contributed by atoms with Crippen molar-refractivity contribution in [2.75, 3.05) is 44.7 Å². The Bertz CT molecular complexity index is 686. The smallest absolute Gasteiger partial charge is 0.324 e. The van der Waals surface area contributed by atoms with Crippen LogP contribution in [0.3, 0.4) is 0 Å². The minimum atomic E-state index is -0.332. The van der Waals surface area contributed by atoms with Crippen LogP contribution >= 0.6 is 24.0 Å². The number of aliphatic imine (C=N–C) groups is 1. The molecule has 3 rings (SSSR count). The van der Waals surface area contributed by atoms with Crippen molar-refractivity contribution < 1.29 is 9.59 Å². The molecule has 1 aromatic rings. The van der Waals surface area contributed by atoms with Gasteiger partial charge in [-0.25, -0.2) is 9.78 Å². The van der Waals surface area contributed by atoms with Gasteiger partial charge in [0, 0.05) is 45.5 Å². The molecule has 154 valence electrons. The molecule has 0 aliphatic carbocycles. The average molecular weight is 501 g/mol. The van der Waals surface area contributed by atoms with Gasteiger partial charge < -0.3 is 20.9 Å². The van der Waals surface area contributed by atoms with E-state index in [1.54, 1.807) is 7.05 Å². The van der Waals surface area contributed by atoms with Gasteiger partial charge in [0.25, 0.3) is 0 Å². The number of halogens is 1. The number of piperidine rings is 1. The normalized spacial score (nSPS) is 18.0. The number of carbonyl (C=O) groups is 2. The van der Waals surface area contributed by atoms with Gasteiger partial charge in [0.2, 0.25) is 5.91 Å². The third kappa shape index (κ3) is 5.69. The third-order valence-electron chi connectivity index (χ3n) is 4.84. The number of amides is 3. The number of carbonyl (C=O) groups excluding carboxylic acids is 2. The fourth-order valence-corrected chi connectivity index (χ4v) is 3.26. The number of pyridine rings is 1. The van der Waals surface area contributed by atoms with E-state index in [1.165, 1.54) is 10.5 Å². The molecule has 0 spiro atoms. The quantitative estimate of drug-likeness (QED) is 0.238. The minimum Gasteiger partial charge on any atom is -0.356 e. The van der Waals surface area contributed by atoms with E-state index in [0.717, 1.165) is 31.7 Å². The summed E-state index contributed by atoms with van der Waals surface area (Å²) in [7, 11) is 1.72. The van der Waals surface area contributed by atoms with Gasteiger partial charge in [0.05, 0.1) is 6.54 Å². The molecule has 2 fully saturated rings. The second kappa shape index (κ2) is 10.4. The van der Waals surface area contributed by atoms with Gasteiger partial charge in [-0.15, -0.1) is 24.0 Å². The summed E-state index contributed by atoms with van der Waals surface area (Å²) in [5.41, 5.74) is 1.17. The molecule has 3 heterocycles. The van der Waals surface area contributed by atoms with Crippen molar-refractivity contribution >= 4 is 47.7 Å². The maximum absolute atomic E-state index is 11.6. The zero-order valence-corrected chi connectivity index (χ0v) is 18.6. The maximum Gasteiger partial charge on any atom is 0.324 e. The first kappa shape index (κ1) is 22.2. The number of nitrogens with zero attached hydrogens (tertiary/aromatic N) is 4. The van der Waals surface area contributed by atoms with Gasteiger partial charge in [-0.2, -0.15) is 0 Å². The van der Waals surface area contributed by atoms with Gasteiger partial charge >= 0.3 is 6.03 Å². The van der Waals surface area contributed by atoms with Gasteiger partial charge in [-0.1, -0.05) is 6.07 Å². The van der Waals surface area contributed by atoms with Crippen molar-refractivity contribution in [2.24, 2.45) is 4.99 Å². The Labute approximate surface area is 182 Å². The second-order valence-corrected chi connectivity index (χ2v) is 6.80. The number of anilines is 1. The Morgan fingerprint density at radius 3 is 2.64 bits per heavy atom. The van der Waals surface area contributed by atoms with Crippen LogP contribution in [0.1, 0.15) is 18.4 Å². The van der Waals surface area contributed by atoms with Crippen LogP contribution in [-0.4, -0.2) is 73.6 Å². The summed E-state index contributed by atoms with van der Waals surface area (Å²) < 4.78 is 0. The molecule has 0 bridgehead atoms. The number of guanidine groups is 1. The first-order valence-corrected chi connectivity index (χ1v) is 9.30. The molecule has 0 aromatic carbocycles. The van der Waals surface area contributed by atoms with Crippen LogP contribution in [0.4, 0.5) is 10.6 Å². The summed E-state index contributed by atoms with van der Waals surface area (Å²) in [5, 5.41) is 9.11. The standard InChI is InChI=1S/C18H27N7O2.HI/c1-13-3-4-15(21-11-13)24-8-5-14(6-9-24)23-17(19-2)20-7-10-25-16(26)12-22-18(25)27;/h3-4,11,14H,5-10,12H2,1-2H3,(H,22,27)(H2,19,20,23);1H. The third-order valence-corrected chi connectivity index (χ3v) is 4.84. The minimum absolute atomic E-state index is 0. The summed E-state index contributed by atoms with van der Waals surface area (Å²) in [6.45, 7) is 4.78. The molecule has 2 saturated heterocycles. The highest BCUT2D eigenvalue weighted by atomic mass is 127. The topological polar surface area (TPSA) is 102 Å². The predicted molar refractivity (Wildman–Crippen MR) is 119 cm³/mol. The van der Waals surface area contributed by atoms with E-state index in [9.17, 15) is 9.59 Å². The first-order chi connectivity index (χ1) is 13.1. The van der Waals surface area contributed by atoms with Gasteiger partial charge in [0.1, 0.15) is 5.82 Å². The van der Waals surface area contributed by atoms with Crippen LogP contribution < -0.4 is 20.9 Å². The van der Waals surface area contributed by atoms with Gasteiger partial charge in [0.15, 0.2) is 5.96 Å². The summed E-state index contributed by atoms with van der Waals surface area (Å²) in [6, 6.07) is 4.15. The number of rotatable bonds is 5. The van der Waals surface area contributed by atoms with Crippen LogP contribution in [0.25, 0.3) is 0 Å². The molecule has 9 nitrogen and oxygen atoms in total. The number of hydrogen-bond donors (Lipinski definition) is 3. The van der Waals surface area contributed by atoms with E-state index in [1.807, 2.05) is 13.1 Å². The number of nitrogens with one attached hydrogen (secondary N) is 3. The van der Waals surface area contributed by atoms with Crippen molar-refractivity contribution in [3.05, 3.63) is 23.9 Å². The zero-order chi connectivity index (χ0) is 19.2. The van der Waals surface area contributed by atoms with E-state index in [-0.39, 0.29) is 42.5 Å². The zero-order valence-electron chi connectivity index (χ0n) is 16.3. The van der Waals surface area contributed by atoms with Crippen LogP contribution in [0.15, 0.2) is 23.3 Å². The lowest BCUT2D eigenvalue weighted by molar-refractivity contribution is -0.124. The monoisotopic (exact) mass is 501 g/mol. The Balaban J connectivity index is 0.00000280. The first-order valence-electron chi connectivity index (χ1n) is 9.30. The second-order valence-electron chi connectivity index (χ2n) is 6.80. The van der Waals surface area contributed by atoms with Crippen molar-refractivity contribution in [1.29, 1.82) is 0 Å². The molecule has 2 aliphatic rings. The largest absolute Gasteiger partial charge is 0.356 e. The Morgan fingerprint density at radius 1 is 1.32 bits per heavy atom. The van der Waals surface area contributed by atoms with Crippen LogP contribution in [0, 0.1) is 6.92 Å². The number of aryl methyl sites for hydroxylation is 1. The van der Waals surface area contributed by atoms with Crippen molar-refractivity contribution in [3.8, 4) is 0 Å². The average Bonchev–Trinajstić information content (AvgIpc) is 3.00. The molecule has 2 aliphatic heterocycles. The molecular weight excluding hydrogens is 473 g/mol. The SMILES string of the molecule is CN=C(NCCN1C(=O)CNC1=O)NC1CCN(c2ccc(C)cn2)CC1.I. The summed E-state index contributed by atoms with van der Waals surface area (Å²) in [4.78, 5) is 35.3. The molecule has 3 amide bonds. The molecule has 10 heteroatoms. The molecule has 0 atom stereocenters. The lowest BCUT2D eigenvalue weighted by atomic mass is 10.1. The van der Waals surface area contributed by atoms with Crippen LogP contribution in [0.5, 0.6) is 0 Å². The fraction of sp³-hybridized carbons (Fsp3) is 0.556. The number of hydrogen-bond acceptors (Lipinski definition) is 5. The van der Waals surface area contributed by atoms with E-state index in [4.69, 9.17) is 0 Å². The number of urea groups is 1. The van der Waals surface area contributed by atoms with E-state index in [0.29, 0.717) is 25.1 Å². The molecule has 3 N–H and O–H groups in total. The molecule has 28 heavy (non-hydrogen) atoms. The fourth-order valence-electron chi connectivity index (χ4n) is 3.26. The predicted octanol–water partition coefficient (Wildman–Crippen LogP) is 0.694. The highest BCUT2D eigenvalue weighted by molar-refractivity contribution is 14.0. The molecule has 1 aromatic heterocycles. The Kier molecular flexibility index (Phi) is 8.27. The van der Waals surface area contributed by atoms with Crippen molar-refractivity contribution in [2.45, 2.75) is 25.8 Å². The maximum atomic E-state index is 11.6. The van der Waals surface area contributed by atoms with E-state index < -0.39 is 0 Å². The number of aromatic nitrogens is 1. The lowest BCUT2D eigenvalue weighted by Crippen LogP contribution is -2.50. The molecule has 0 saturated carbocycles. The highest BCUT2D eigenvalue weighted by Gasteiger charge is 2.27.